The van der Waals surface area contributed by atoms with Crippen LogP contribution in [-0.2, 0) is 19.6 Å². The Morgan fingerprint density at radius 1 is 1.40 bits per heavy atom. The molecule has 1 aromatic heterocycles. The van der Waals surface area contributed by atoms with Gasteiger partial charge in [-0.3, -0.25) is 4.98 Å². The summed E-state index contributed by atoms with van der Waals surface area (Å²) in [6.45, 7) is 4.51. The molecule has 2 heterocycles. The first kappa shape index (κ1) is 19.1. The summed E-state index contributed by atoms with van der Waals surface area (Å²) in [5.74, 6) is -1.32. The maximum absolute atomic E-state index is 12.6. The minimum atomic E-state index is -3.90. The van der Waals surface area contributed by atoms with Gasteiger partial charge in [0.05, 0.1) is 0 Å². The SMILES string of the molecule is CC(C)(C)OC(=O)NC1(C(=O)O)CCN(S(=O)(=O)c2cccnc2)C1. The van der Waals surface area contributed by atoms with Crippen LogP contribution in [0.2, 0.25) is 0 Å². The number of aliphatic carboxylic acids is 1. The molecule has 1 aliphatic heterocycles. The van der Waals surface area contributed by atoms with Gasteiger partial charge in [0.1, 0.15) is 10.5 Å². The summed E-state index contributed by atoms with van der Waals surface area (Å²) in [5, 5.41) is 11.9. The zero-order chi connectivity index (χ0) is 18.9. The highest BCUT2D eigenvalue weighted by Gasteiger charge is 2.50. The number of rotatable bonds is 4. The molecule has 1 aromatic rings. The first-order chi connectivity index (χ1) is 11.5. The molecule has 10 heteroatoms. The van der Waals surface area contributed by atoms with Gasteiger partial charge in [-0.15, -0.1) is 0 Å². The number of amides is 1. The van der Waals surface area contributed by atoms with Crippen LogP contribution in [0.15, 0.2) is 29.4 Å². The summed E-state index contributed by atoms with van der Waals surface area (Å²) >= 11 is 0. The van der Waals surface area contributed by atoms with Gasteiger partial charge in [-0.1, -0.05) is 0 Å². The molecular weight excluding hydrogens is 350 g/mol. The van der Waals surface area contributed by atoms with Crippen LogP contribution >= 0.6 is 0 Å². The monoisotopic (exact) mass is 371 g/mol. The molecule has 1 atom stereocenters. The highest BCUT2D eigenvalue weighted by molar-refractivity contribution is 7.89. The lowest BCUT2D eigenvalue weighted by Gasteiger charge is -2.28. The smallest absolute Gasteiger partial charge is 0.408 e. The van der Waals surface area contributed by atoms with E-state index in [1.807, 2.05) is 0 Å². The Morgan fingerprint density at radius 3 is 2.60 bits per heavy atom. The minimum absolute atomic E-state index is 0.0338. The number of hydrogen-bond acceptors (Lipinski definition) is 6. The minimum Gasteiger partial charge on any atom is -0.479 e. The highest BCUT2D eigenvalue weighted by Crippen LogP contribution is 2.28. The van der Waals surface area contributed by atoms with E-state index in [-0.39, 0.29) is 17.9 Å². The number of carboxylic acid groups (broad SMARTS) is 1. The van der Waals surface area contributed by atoms with Gasteiger partial charge in [0, 0.05) is 25.5 Å². The van der Waals surface area contributed by atoms with E-state index in [1.165, 1.54) is 24.5 Å². The number of sulfonamides is 1. The largest absolute Gasteiger partial charge is 0.479 e. The molecule has 1 unspecified atom stereocenters. The Balaban J connectivity index is 2.21. The van der Waals surface area contributed by atoms with E-state index >= 15 is 0 Å². The Morgan fingerprint density at radius 2 is 2.08 bits per heavy atom. The molecule has 0 saturated carbocycles. The first-order valence-corrected chi connectivity index (χ1v) is 9.05. The van der Waals surface area contributed by atoms with Crippen molar-refractivity contribution < 1.29 is 27.9 Å². The zero-order valence-electron chi connectivity index (χ0n) is 14.2. The Labute approximate surface area is 146 Å². The quantitative estimate of drug-likeness (QED) is 0.802. The van der Waals surface area contributed by atoms with Crippen LogP contribution < -0.4 is 5.32 Å². The number of hydrogen-bond donors (Lipinski definition) is 2. The van der Waals surface area contributed by atoms with Crippen molar-refractivity contribution in [2.75, 3.05) is 13.1 Å². The molecule has 1 amide bonds. The van der Waals surface area contributed by atoms with Crippen molar-refractivity contribution in [1.82, 2.24) is 14.6 Å². The van der Waals surface area contributed by atoms with Crippen molar-refractivity contribution in [3.05, 3.63) is 24.5 Å². The van der Waals surface area contributed by atoms with Gasteiger partial charge in [0.25, 0.3) is 0 Å². The highest BCUT2D eigenvalue weighted by atomic mass is 32.2. The number of carbonyl (C=O) groups is 2. The average molecular weight is 371 g/mol. The van der Waals surface area contributed by atoms with E-state index in [4.69, 9.17) is 4.74 Å². The molecule has 0 radical (unpaired) electrons. The van der Waals surface area contributed by atoms with E-state index in [0.29, 0.717) is 0 Å². The van der Waals surface area contributed by atoms with Gasteiger partial charge in [-0.05, 0) is 39.3 Å². The summed E-state index contributed by atoms with van der Waals surface area (Å²) in [7, 11) is -3.90. The maximum atomic E-state index is 12.6. The third-order valence-corrected chi connectivity index (χ3v) is 5.48. The number of carbonyl (C=O) groups excluding carboxylic acids is 1. The lowest BCUT2D eigenvalue weighted by molar-refractivity contribution is -0.144. The van der Waals surface area contributed by atoms with Crippen LogP contribution in [0, 0.1) is 0 Å². The number of ether oxygens (including phenoxy) is 1. The Kier molecular flexibility index (Phi) is 5.05. The average Bonchev–Trinajstić information content (AvgIpc) is 2.92. The maximum Gasteiger partial charge on any atom is 0.408 e. The van der Waals surface area contributed by atoms with E-state index in [1.54, 1.807) is 20.8 Å². The van der Waals surface area contributed by atoms with Crippen molar-refractivity contribution in [2.24, 2.45) is 0 Å². The van der Waals surface area contributed by atoms with Crippen molar-refractivity contribution >= 4 is 22.1 Å². The molecule has 2 rings (SSSR count). The second-order valence-corrected chi connectivity index (χ2v) is 8.73. The van der Waals surface area contributed by atoms with Gasteiger partial charge in [-0.25, -0.2) is 18.0 Å². The summed E-state index contributed by atoms with van der Waals surface area (Å²) < 4.78 is 31.3. The predicted octanol–water partition coefficient (Wildman–Crippen LogP) is 0.824. The molecule has 0 spiro atoms. The summed E-state index contributed by atoms with van der Waals surface area (Å²) in [4.78, 5) is 27.4. The van der Waals surface area contributed by atoms with Crippen LogP contribution in [0.25, 0.3) is 0 Å². The topological polar surface area (TPSA) is 126 Å². The number of pyridine rings is 1. The molecule has 1 fully saturated rings. The summed E-state index contributed by atoms with van der Waals surface area (Å²) in [5.41, 5.74) is -2.54. The number of alkyl carbamates (subject to hydrolysis) is 1. The number of aromatic nitrogens is 1. The summed E-state index contributed by atoms with van der Waals surface area (Å²) in [6, 6.07) is 2.86. The predicted molar refractivity (Wildman–Crippen MR) is 87.3 cm³/mol. The Hall–Kier alpha value is -2.20. The van der Waals surface area contributed by atoms with Crippen molar-refractivity contribution in [3.63, 3.8) is 0 Å². The van der Waals surface area contributed by atoms with Crippen LogP contribution in [0.1, 0.15) is 27.2 Å². The fourth-order valence-electron chi connectivity index (χ4n) is 2.46. The second-order valence-electron chi connectivity index (χ2n) is 6.79. The second kappa shape index (κ2) is 6.60. The van der Waals surface area contributed by atoms with E-state index < -0.39 is 39.8 Å². The van der Waals surface area contributed by atoms with Crippen molar-refractivity contribution in [1.29, 1.82) is 0 Å². The van der Waals surface area contributed by atoms with Gasteiger partial charge in [0.15, 0.2) is 5.54 Å². The molecule has 1 saturated heterocycles. The van der Waals surface area contributed by atoms with Crippen molar-refractivity contribution in [3.8, 4) is 0 Å². The molecular formula is C15H21N3O6S. The zero-order valence-corrected chi connectivity index (χ0v) is 15.0. The normalized spacial score (nSPS) is 21.7. The van der Waals surface area contributed by atoms with Gasteiger partial charge >= 0.3 is 12.1 Å². The van der Waals surface area contributed by atoms with Crippen LogP contribution in [0.5, 0.6) is 0 Å². The van der Waals surface area contributed by atoms with Gasteiger partial charge in [0.2, 0.25) is 10.0 Å². The Bertz CT molecular complexity index is 759. The molecule has 1 aliphatic rings. The van der Waals surface area contributed by atoms with E-state index in [9.17, 15) is 23.1 Å². The van der Waals surface area contributed by atoms with Crippen LogP contribution in [0.3, 0.4) is 0 Å². The van der Waals surface area contributed by atoms with Crippen LogP contribution in [-0.4, -0.2) is 59.1 Å². The standard InChI is InChI=1S/C15H21N3O6S/c1-14(2,3)24-13(21)17-15(12(19)20)6-8-18(10-15)25(22,23)11-5-4-7-16-9-11/h4-5,7,9H,6,8,10H2,1-3H3,(H,17,21)(H,19,20). The fraction of sp³-hybridized carbons (Fsp3) is 0.533. The molecule has 2 N–H and O–H groups in total. The first-order valence-electron chi connectivity index (χ1n) is 7.61. The lowest BCUT2D eigenvalue weighted by Crippen LogP contribution is -2.57. The molecule has 25 heavy (non-hydrogen) atoms. The third kappa shape index (κ3) is 4.26. The third-order valence-electron chi connectivity index (χ3n) is 3.66. The van der Waals surface area contributed by atoms with Crippen molar-refractivity contribution in [2.45, 2.75) is 43.2 Å². The number of carboxylic acids is 1. The molecule has 0 bridgehead atoms. The fourth-order valence-corrected chi connectivity index (χ4v) is 3.92. The van der Waals surface area contributed by atoms with Gasteiger partial charge < -0.3 is 15.2 Å². The molecule has 0 aliphatic carbocycles. The molecule has 0 aromatic carbocycles. The lowest BCUT2D eigenvalue weighted by atomic mass is 9.99. The van der Waals surface area contributed by atoms with Crippen LogP contribution in [0.4, 0.5) is 4.79 Å². The number of nitrogens with one attached hydrogen (secondary N) is 1. The van der Waals surface area contributed by atoms with Gasteiger partial charge in [-0.2, -0.15) is 4.31 Å². The van der Waals surface area contributed by atoms with E-state index in [2.05, 4.69) is 10.3 Å². The molecule has 138 valence electrons. The van der Waals surface area contributed by atoms with E-state index in [0.717, 1.165) is 4.31 Å². The number of nitrogens with zero attached hydrogens (tertiary/aromatic N) is 2. The molecule has 9 nitrogen and oxygen atoms in total. The summed E-state index contributed by atoms with van der Waals surface area (Å²) in [6.07, 6.45) is 1.66.